The Labute approximate surface area is 129 Å². The van der Waals surface area contributed by atoms with Crippen molar-refractivity contribution in [3.8, 4) is 0 Å². The maximum Gasteiger partial charge on any atom is 0.275 e. The second-order valence-electron chi connectivity index (χ2n) is 5.54. The minimum absolute atomic E-state index is 0.0578. The second kappa shape index (κ2) is 5.92. The predicted molar refractivity (Wildman–Crippen MR) is 80.6 cm³/mol. The fourth-order valence-corrected chi connectivity index (χ4v) is 2.86. The molecule has 0 radical (unpaired) electrons. The number of ether oxygens (including phenoxy) is 1. The first kappa shape index (κ1) is 14.8. The molecular weight excluding hydrogens is 282 g/mol. The van der Waals surface area contributed by atoms with Crippen molar-refractivity contribution in [1.82, 2.24) is 24.9 Å². The van der Waals surface area contributed by atoms with E-state index >= 15 is 0 Å². The highest BCUT2D eigenvalue weighted by Gasteiger charge is 2.32. The molecule has 22 heavy (non-hydrogen) atoms. The zero-order chi connectivity index (χ0) is 15.7. The number of morpholine rings is 1. The summed E-state index contributed by atoms with van der Waals surface area (Å²) in [7, 11) is 0. The van der Waals surface area contributed by atoms with Gasteiger partial charge in [0.15, 0.2) is 5.69 Å². The summed E-state index contributed by atoms with van der Waals surface area (Å²) in [5.74, 6) is -0.0578. The first-order chi connectivity index (χ1) is 10.6. The van der Waals surface area contributed by atoms with Gasteiger partial charge in [0, 0.05) is 18.8 Å². The van der Waals surface area contributed by atoms with Crippen LogP contribution < -0.4 is 0 Å². The molecule has 0 aliphatic carbocycles. The lowest BCUT2D eigenvalue weighted by Gasteiger charge is -2.34. The largest absolute Gasteiger partial charge is 0.377 e. The molecule has 2 aromatic rings. The van der Waals surface area contributed by atoms with Crippen molar-refractivity contribution < 1.29 is 9.53 Å². The average Bonchev–Trinajstić information content (AvgIpc) is 3.12. The number of carbonyl (C=O) groups is 1. The zero-order valence-electron chi connectivity index (χ0n) is 13.2. The molecule has 1 N–H and O–H groups in total. The zero-order valence-corrected chi connectivity index (χ0v) is 13.2. The minimum Gasteiger partial charge on any atom is -0.377 e. The lowest BCUT2D eigenvalue weighted by molar-refractivity contribution is -0.00442. The Balaban J connectivity index is 1.90. The number of carbonyl (C=O) groups excluding carboxylic acids is 1. The molecule has 0 aromatic carbocycles. The van der Waals surface area contributed by atoms with Crippen molar-refractivity contribution >= 4 is 5.91 Å². The smallest absolute Gasteiger partial charge is 0.275 e. The molecule has 118 valence electrons. The third kappa shape index (κ3) is 2.52. The van der Waals surface area contributed by atoms with Gasteiger partial charge in [-0.1, -0.05) is 0 Å². The molecule has 7 heteroatoms. The molecule has 0 unspecified atom stereocenters. The van der Waals surface area contributed by atoms with Gasteiger partial charge in [0.25, 0.3) is 5.91 Å². The summed E-state index contributed by atoms with van der Waals surface area (Å²) in [4.78, 5) is 14.7. The van der Waals surface area contributed by atoms with Crippen molar-refractivity contribution in [1.29, 1.82) is 0 Å². The van der Waals surface area contributed by atoms with Gasteiger partial charge in [-0.2, -0.15) is 10.2 Å². The van der Waals surface area contributed by atoms with E-state index in [1.165, 1.54) is 0 Å². The molecule has 0 spiro atoms. The molecule has 1 fully saturated rings. The molecular formula is C15H21N5O2. The third-order valence-corrected chi connectivity index (χ3v) is 4.09. The Morgan fingerprint density at radius 3 is 2.95 bits per heavy atom. The number of aromatic nitrogens is 4. The molecule has 1 saturated heterocycles. The summed E-state index contributed by atoms with van der Waals surface area (Å²) in [6, 6.07) is 1.70. The summed E-state index contributed by atoms with van der Waals surface area (Å²) in [5, 5.41) is 11.4. The number of aryl methyl sites for hydroxylation is 3. The van der Waals surface area contributed by atoms with Gasteiger partial charge in [-0.3, -0.25) is 14.6 Å². The Kier molecular flexibility index (Phi) is 3.98. The third-order valence-electron chi connectivity index (χ3n) is 4.09. The van der Waals surface area contributed by atoms with Crippen LogP contribution in [0.15, 0.2) is 12.3 Å². The highest BCUT2D eigenvalue weighted by Crippen LogP contribution is 2.26. The standard InChI is InChI=1S/C15H21N5O2/c1-4-20-11(3)7-12(18-20)15(21)19-5-6-22-9-13(19)14-10(2)8-16-17-14/h7-8,13H,4-6,9H2,1-3H3,(H,16,17)/t13-/m1/s1. The molecule has 0 saturated carbocycles. The summed E-state index contributed by atoms with van der Waals surface area (Å²) < 4.78 is 7.40. The number of amides is 1. The molecule has 1 aliphatic rings. The molecule has 3 heterocycles. The van der Waals surface area contributed by atoms with Crippen molar-refractivity contribution in [2.45, 2.75) is 33.4 Å². The number of nitrogens with zero attached hydrogens (tertiary/aromatic N) is 4. The van der Waals surface area contributed by atoms with Gasteiger partial charge in [0.1, 0.15) is 0 Å². The monoisotopic (exact) mass is 303 g/mol. The van der Waals surface area contributed by atoms with E-state index in [0.29, 0.717) is 25.5 Å². The Bertz CT molecular complexity index is 675. The number of rotatable bonds is 3. The molecule has 1 aliphatic heterocycles. The van der Waals surface area contributed by atoms with Crippen LogP contribution in [0.5, 0.6) is 0 Å². The molecule has 1 amide bonds. The second-order valence-corrected chi connectivity index (χ2v) is 5.54. The molecule has 0 bridgehead atoms. The van der Waals surface area contributed by atoms with Crippen LogP contribution in [0.3, 0.4) is 0 Å². The highest BCUT2D eigenvalue weighted by atomic mass is 16.5. The van der Waals surface area contributed by atoms with Gasteiger partial charge < -0.3 is 9.64 Å². The van der Waals surface area contributed by atoms with Crippen LogP contribution in [0.1, 0.15) is 40.4 Å². The Morgan fingerprint density at radius 1 is 1.50 bits per heavy atom. The van der Waals surface area contributed by atoms with Gasteiger partial charge in [-0.05, 0) is 32.4 Å². The van der Waals surface area contributed by atoms with Crippen LogP contribution in [-0.2, 0) is 11.3 Å². The number of nitrogens with one attached hydrogen (secondary N) is 1. The van der Waals surface area contributed by atoms with E-state index in [0.717, 1.165) is 23.5 Å². The maximum absolute atomic E-state index is 12.9. The average molecular weight is 303 g/mol. The van der Waals surface area contributed by atoms with E-state index in [-0.39, 0.29) is 11.9 Å². The molecule has 3 rings (SSSR count). The first-order valence-electron chi connectivity index (χ1n) is 7.54. The van der Waals surface area contributed by atoms with E-state index in [1.54, 1.807) is 6.20 Å². The van der Waals surface area contributed by atoms with E-state index in [9.17, 15) is 4.79 Å². The topological polar surface area (TPSA) is 76.0 Å². The fraction of sp³-hybridized carbons (Fsp3) is 0.533. The van der Waals surface area contributed by atoms with Crippen LogP contribution in [-0.4, -0.2) is 50.5 Å². The van der Waals surface area contributed by atoms with Crippen LogP contribution in [0, 0.1) is 13.8 Å². The highest BCUT2D eigenvalue weighted by molar-refractivity contribution is 5.92. The summed E-state index contributed by atoms with van der Waals surface area (Å²) >= 11 is 0. The summed E-state index contributed by atoms with van der Waals surface area (Å²) in [6.45, 7) is 8.28. The maximum atomic E-state index is 12.9. The molecule has 7 nitrogen and oxygen atoms in total. The van der Waals surface area contributed by atoms with Crippen molar-refractivity contribution in [3.63, 3.8) is 0 Å². The van der Waals surface area contributed by atoms with E-state index in [4.69, 9.17) is 4.74 Å². The van der Waals surface area contributed by atoms with Gasteiger partial charge in [0.05, 0.1) is 31.1 Å². The van der Waals surface area contributed by atoms with Crippen LogP contribution >= 0.6 is 0 Å². The van der Waals surface area contributed by atoms with Crippen LogP contribution in [0.2, 0.25) is 0 Å². The molecule has 2 aromatic heterocycles. The Hall–Kier alpha value is -2.15. The van der Waals surface area contributed by atoms with Gasteiger partial charge in [-0.15, -0.1) is 0 Å². The Morgan fingerprint density at radius 2 is 2.32 bits per heavy atom. The minimum atomic E-state index is -0.143. The first-order valence-corrected chi connectivity index (χ1v) is 7.54. The predicted octanol–water partition coefficient (Wildman–Crippen LogP) is 1.46. The number of hydrogen-bond donors (Lipinski definition) is 1. The van der Waals surface area contributed by atoms with Gasteiger partial charge in [-0.25, -0.2) is 0 Å². The summed E-state index contributed by atoms with van der Waals surface area (Å²) in [6.07, 6.45) is 1.77. The summed E-state index contributed by atoms with van der Waals surface area (Å²) in [5.41, 5.74) is 3.44. The van der Waals surface area contributed by atoms with Crippen molar-refractivity contribution in [2.24, 2.45) is 0 Å². The van der Waals surface area contributed by atoms with E-state index < -0.39 is 0 Å². The number of H-pyrrole nitrogens is 1. The van der Waals surface area contributed by atoms with Crippen molar-refractivity contribution in [2.75, 3.05) is 19.8 Å². The lowest BCUT2D eigenvalue weighted by Crippen LogP contribution is -2.44. The van der Waals surface area contributed by atoms with Crippen LogP contribution in [0.25, 0.3) is 0 Å². The van der Waals surface area contributed by atoms with E-state index in [2.05, 4.69) is 15.3 Å². The molecule has 1 atom stereocenters. The lowest BCUT2D eigenvalue weighted by atomic mass is 10.1. The fourth-order valence-electron chi connectivity index (χ4n) is 2.86. The normalized spacial score (nSPS) is 18.7. The van der Waals surface area contributed by atoms with Crippen molar-refractivity contribution in [3.05, 3.63) is 34.9 Å². The van der Waals surface area contributed by atoms with Crippen LogP contribution in [0.4, 0.5) is 0 Å². The quantitative estimate of drug-likeness (QED) is 0.931. The van der Waals surface area contributed by atoms with Gasteiger partial charge >= 0.3 is 0 Å². The SMILES string of the molecule is CCn1nc(C(=O)N2CCOC[C@@H]2c2[nH]ncc2C)cc1C. The van der Waals surface area contributed by atoms with E-state index in [1.807, 2.05) is 36.4 Å². The number of aromatic amines is 1. The number of hydrogen-bond acceptors (Lipinski definition) is 4. The van der Waals surface area contributed by atoms with Gasteiger partial charge in [0.2, 0.25) is 0 Å².